The van der Waals surface area contributed by atoms with Gasteiger partial charge in [0.25, 0.3) is 0 Å². The lowest BCUT2D eigenvalue weighted by molar-refractivity contribution is 1.02. The van der Waals surface area contributed by atoms with Crippen molar-refractivity contribution in [1.82, 2.24) is 9.97 Å². The Morgan fingerprint density at radius 2 is 1.90 bits per heavy atom. The van der Waals surface area contributed by atoms with Gasteiger partial charge in [-0.3, -0.25) is 0 Å². The van der Waals surface area contributed by atoms with Gasteiger partial charge in [0.1, 0.15) is 18.0 Å². The summed E-state index contributed by atoms with van der Waals surface area (Å²) in [6.07, 6.45) is 0. The molecule has 0 saturated carbocycles. The molecule has 0 aliphatic heterocycles. The molecule has 0 saturated heterocycles. The zero-order valence-electron chi connectivity index (χ0n) is 10.7. The van der Waals surface area contributed by atoms with Gasteiger partial charge in [-0.25, -0.2) is 9.97 Å². The Bertz CT molecular complexity index is 727. The quantitative estimate of drug-likeness (QED) is 0.936. The third kappa shape index (κ3) is 3.03. The van der Waals surface area contributed by atoms with E-state index in [2.05, 4.69) is 15.3 Å². The predicted octanol–water partition coefficient (Wildman–Crippen LogP) is 2.79. The Balaban J connectivity index is 2.22. The fourth-order valence-corrected chi connectivity index (χ4v) is 1.89. The van der Waals surface area contributed by atoms with Gasteiger partial charge in [0.15, 0.2) is 11.4 Å². The van der Waals surface area contributed by atoms with Crippen molar-refractivity contribution in [2.75, 3.05) is 5.32 Å². The number of halogens is 1. The van der Waals surface area contributed by atoms with E-state index in [1.165, 1.54) is 0 Å². The summed E-state index contributed by atoms with van der Waals surface area (Å²) < 4.78 is 0. The number of aryl methyl sites for hydroxylation is 1. The Labute approximate surface area is 121 Å². The number of hydrogen-bond acceptors (Lipinski definition) is 5. The fourth-order valence-electron chi connectivity index (χ4n) is 1.68. The molecule has 0 radical (unpaired) electrons. The van der Waals surface area contributed by atoms with Gasteiger partial charge in [0.05, 0.1) is 5.69 Å². The van der Waals surface area contributed by atoms with Crippen molar-refractivity contribution in [3.8, 4) is 12.1 Å². The van der Waals surface area contributed by atoms with E-state index in [0.29, 0.717) is 23.1 Å². The van der Waals surface area contributed by atoms with E-state index in [9.17, 15) is 0 Å². The lowest BCUT2D eigenvalue weighted by atomic mass is 10.2. The zero-order chi connectivity index (χ0) is 14.5. The normalized spacial score (nSPS) is 9.60. The van der Waals surface area contributed by atoms with Gasteiger partial charge in [0.2, 0.25) is 0 Å². The standard InChI is InChI=1S/C14H10ClN5/c1-9-14(20-13(7-17)12(6-16)19-9)18-8-10-3-2-4-11(15)5-10/h2-5H,8H2,1H3,(H,18,20). The lowest BCUT2D eigenvalue weighted by Gasteiger charge is -2.09. The van der Waals surface area contributed by atoms with Gasteiger partial charge >= 0.3 is 0 Å². The summed E-state index contributed by atoms with van der Waals surface area (Å²) >= 11 is 5.91. The van der Waals surface area contributed by atoms with Crippen molar-refractivity contribution in [2.24, 2.45) is 0 Å². The molecule has 1 heterocycles. The first-order chi connectivity index (χ1) is 9.63. The number of hydrogen-bond donors (Lipinski definition) is 1. The van der Waals surface area contributed by atoms with Crippen molar-refractivity contribution in [2.45, 2.75) is 13.5 Å². The van der Waals surface area contributed by atoms with Crippen LogP contribution in [0.1, 0.15) is 22.6 Å². The van der Waals surface area contributed by atoms with Gasteiger partial charge in [-0.15, -0.1) is 0 Å². The highest BCUT2D eigenvalue weighted by Crippen LogP contribution is 2.15. The highest BCUT2D eigenvalue weighted by atomic mass is 35.5. The number of aromatic nitrogens is 2. The Hall–Kier alpha value is -2.63. The molecule has 0 fully saturated rings. The van der Waals surface area contributed by atoms with Gasteiger partial charge < -0.3 is 5.32 Å². The number of rotatable bonds is 3. The maximum absolute atomic E-state index is 8.94. The van der Waals surface area contributed by atoms with Gasteiger partial charge in [-0.05, 0) is 24.6 Å². The van der Waals surface area contributed by atoms with Crippen LogP contribution in [0, 0.1) is 29.6 Å². The van der Waals surface area contributed by atoms with E-state index in [1.54, 1.807) is 13.0 Å². The second kappa shape index (κ2) is 6.01. The Kier molecular flexibility index (Phi) is 4.14. The van der Waals surface area contributed by atoms with Gasteiger partial charge in [0, 0.05) is 11.6 Å². The largest absolute Gasteiger partial charge is 0.364 e. The maximum atomic E-state index is 8.94. The van der Waals surface area contributed by atoms with Gasteiger partial charge in [-0.1, -0.05) is 23.7 Å². The van der Waals surface area contributed by atoms with E-state index in [1.807, 2.05) is 30.3 Å². The molecule has 0 spiro atoms. The van der Waals surface area contributed by atoms with Crippen molar-refractivity contribution in [1.29, 1.82) is 10.5 Å². The summed E-state index contributed by atoms with van der Waals surface area (Å²) in [6, 6.07) is 11.1. The van der Waals surface area contributed by atoms with E-state index in [4.69, 9.17) is 22.1 Å². The highest BCUT2D eigenvalue weighted by molar-refractivity contribution is 6.30. The molecular weight excluding hydrogens is 274 g/mol. The number of nitrogens with zero attached hydrogens (tertiary/aromatic N) is 4. The molecule has 0 unspecified atom stereocenters. The van der Waals surface area contributed by atoms with E-state index < -0.39 is 0 Å². The SMILES string of the molecule is Cc1nc(C#N)c(C#N)nc1NCc1cccc(Cl)c1. The molecule has 0 aliphatic rings. The third-order valence-electron chi connectivity index (χ3n) is 2.63. The first kappa shape index (κ1) is 13.8. The molecule has 20 heavy (non-hydrogen) atoms. The van der Waals surface area contributed by atoms with Crippen LogP contribution in [0.2, 0.25) is 5.02 Å². The van der Waals surface area contributed by atoms with Crippen molar-refractivity contribution in [3.05, 3.63) is 51.9 Å². The first-order valence-corrected chi connectivity index (χ1v) is 6.19. The molecule has 5 nitrogen and oxygen atoms in total. The van der Waals surface area contributed by atoms with E-state index in [0.717, 1.165) is 5.56 Å². The lowest BCUT2D eigenvalue weighted by Crippen LogP contribution is -2.07. The molecule has 0 aliphatic carbocycles. The molecule has 0 atom stereocenters. The summed E-state index contributed by atoms with van der Waals surface area (Å²) in [5, 5.41) is 21.5. The molecule has 0 amide bonds. The van der Waals surface area contributed by atoms with Crippen LogP contribution in [0.15, 0.2) is 24.3 Å². The molecule has 6 heteroatoms. The topological polar surface area (TPSA) is 85.4 Å². The average molecular weight is 284 g/mol. The third-order valence-corrected chi connectivity index (χ3v) is 2.87. The molecule has 1 N–H and O–H groups in total. The van der Waals surface area contributed by atoms with Crippen LogP contribution in [0.5, 0.6) is 0 Å². The number of benzene rings is 1. The minimum atomic E-state index is 0.0201. The van der Waals surface area contributed by atoms with Crippen molar-refractivity contribution < 1.29 is 0 Å². The molecule has 1 aromatic heterocycles. The summed E-state index contributed by atoms with van der Waals surface area (Å²) in [5.74, 6) is 0.487. The van der Waals surface area contributed by atoms with Gasteiger partial charge in [-0.2, -0.15) is 10.5 Å². The summed E-state index contributed by atoms with van der Waals surface area (Å²) in [5.41, 5.74) is 1.62. The van der Waals surface area contributed by atoms with Crippen LogP contribution in [0.3, 0.4) is 0 Å². The maximum Gasteiger partial charge on any atom is 0.179 e. The van der Waals surface area contributed by atoms with Crippen molar-refractivity contribution in [3.63, 3.8) is 0 Å². The molecular formula is C14H10ClN5. The summed E-state index contributed by atoms with van der Waals surface area (Å²) in [6.45, 7) is 2.24. The van der Waals surface area contributed by atoms with Crippen LogP contribution in [-0.2, 0) is 6.54 Å². The molecule has 98 valence electrons. The van der Waals surface area contributed by atoms with Crippen molar-refractivity contribution >= 4 is 17.4 Å². The summed E-state index contributed by atoms with van der Waals surface area (Å²) in [4.78, 5) is 8.17. The number of anilines is 1. The highest BCUT2D eigenvalue weighted by Gasteiger charge is 2.10. The fraction of sp³-hybridized carbons (Fsp3) is 0.143. The molecule has 0 bridgehead atoms. The monoisotopic (exact) mass is 283 g/mol. The Morgan fingerprint density at radius 1 is 1.20 bits per heavy atom. The van der Waals surface area contributed by atoms with Crippen LogP contribution >= 0.6 is 11.6 Å². The van der Waals surface area contributed by atoms with E-state index in [-0.39, 0.29) is 11.4 Å². The van der Waals surface area contributed by atoms with E-state index >= 15 is 0 Å². The molecule has 2 rings (SSSR count). The molecule has 1 aromatic carbocycles. The van der Waals surface area contributed by atoms with Crippen LogP contribution in [0.4, 0.5) is 5.82 Å². The van der Waals surface area contributed by atoms with Crippen LogP contribution in [-0.4, -0.2) is 9.97 Å². The second-order valence-electron chi connectivity index (χ2n) is 4.06. The summed E-state index contributed by atoms with van der Waals surface area (Å²) in [7, 11) is 0. The Morgan fingerprint density at radius 3 is 2.55 bits per heavy atom. The smallest absolute Gasteiger partial charge is 0.179 e. The number of nitriles is 2. The number of nitrogens with one attached hydrogen (secondary N) is 1. The minimum Gasteiger partial charge on any atom is -0.364 e. The average Bonchev–Trinajstić information content (AvgIpc) is 2.45. The minimum absolute atomic E-state index is 0.0201. The first-order valence-electron chi connectivity index (χ1n) is 5.81. The van der Waals surface area contributed by atoms with Crippen LogP contribution < -0.4 is 5.32 Å². The zero-order valence-corrected chi connectivity index (χ0v) is 11.4. The molecule has 2 aromatic rings. The van der Waals surface area contributed by atoms with Crippen LogP contribution in [0.25, 0.3) is 0 Å². The second-order valence-corrected chi connectivity index (χ2v) is 4.50. The predicted molar refractivity (Wildman–Crippen MR) is 75.0 cm³/mol.